The lowest BCUT2D eigenvalue weighted by Gasteiger charge is -2.25. The number of hydrogen-bond donors (Lipinski definition) is 0. The monoisotopic (exact) mass is 488 g/mol. The number of rotatable bonds is 3. The summed E-state index contributed by atoms with van der Waals surface area (Å²) < 4.78 is 0. The van der Waals surface area contributed by atoms with E-state index in [0.29, 0.717) is 11.8 Å². The van der Waals surface area contributed by atoms with Crippen LogP contribution < -0.4 is 9.80 Å². The Balaban J connectivity index is 1.10. The van der Waals surface area contributed by atoms with Crippen molar-refractivity contribution in [2.24, 2.45) is 0 Å². The number of nitrogens with zero attached hydrogens (tertiary/aromatic N) is 2. The summed E-state index contributed by atoms with van der Waals surface area (Å²) in [6, 6.07) is 35.7. The molecule has 2 unspecified atom stereocenters. The molecule has 2 heteroatoms. The van der Waals surface area contributed by atoms with E-state index in [1.165, 1.54) is 56.4 Å². The van der Waals surface area contributed by atoms with Crippen molar-refractivity contribution in [2.75, 3.05) is 9.80 Å². The SMILES string of the molecule is C1=CC2C(=CC1)N(c1ccc(-c3ccc(N4C5=CCC=CC5c5ccccc54)cc3)cc1)c1ccccc12. The number of hydrogen-bond acceptors (Lipinski definition) is 2. The predicted molar refractivity (Wildman–Crippen MR) is 158 cm³/mol. The van der Waals surface area contributed by atoms with Crippen LogP contribution in [-0.4, -0.2) is 0 Å². The molecule has 2 atom stereocenters. The molecule has 4 aromatic rings. The van der Waals surface area contributed by atoms with E-state index in [4.69, 9.17) is 0 Å². The zero-order valence-corrected chi connectivity index (χ0v) is 21.2. The Labute approximate surface area is 224 Å². The van der Waals surface area contributed by atoms with E-state index in [9.17, 15) is 0 Å². The van der Waals surface area contributed by atoms with Gasteiger partial charge in [0.1, 0.15) is 0 Å². The Hall–Kier alpha value is -4.56. The summed E-state index contributed by atoms with van der Waals surface area (Å²) in [6.45, 7) is 0. The Morgan fingerprint density at radius 1 is 0.474 bits per heavy atom. The highest BCUT2D eigenvalue weighted by molar-refractivity contribution is 5.82. The van der Waals surface area contributed by atoms with Crippen LogP contribution in [-0.2, 0) is 0 Å². The van der Waals surface area contributed by atoms with Crippen molar-refractivity contribution in [3.05, 3.63) is 156 Å². The minimum absolute atomic E-state index is 0.359. The molecule has 0 radical (unpaired) electrons. The lowest BCUT2D eigenvalue weighted by Crippen LogP contribution is -2.14. The van der Waals surface area contributed by atoms with Crippen molar-refractivity contribution in [2.45, 2.75) is 24.7 Å². The molecule has 2 aliphatic heterocycles. The maximum absolute atomic E-state index is 2.43. The average Bonchev–Trinajstić information content (AvgIpc) is 3.51. The van der Waals surface area contributed by atoms with Crippen LogP contribution in [0.4, 0.5) is 22.7 Å². The second-order valence-corrected chi connectivity index (χ2v) is 10.4. The van der Waals surface area contributed by atoms with Crippen LogP contribution in [0.3, 0.4) is 0 Å². The zero-order valence-electron chi connectivity index (χ0n) is 21.2. The van der Waals surface area contributed by atoms with Crippen LogP contribution in [0.1, 0.15) is 35.8 Å². The summed E-state index contributed by atoms with van der Waals surface area (Å²) in [6.07, 6.45) is 16.0. The summed E-state index contributed by atoms with van der Waals surface area (Å²) >= 11 is 0. The molecule has 0 spiro atoms. The Morgan fingerprint density at radius 3 is 1.34 bits per heavy atom. The van der Waals surface area contributed by atoms with Crippen molar-refractivity contribution in [3.63, 3.8) is 0 Å². The molecule has 4 aliphatic rings. The molecule has 8 rings (SSSR count). The smallest absolute Gasteiger partial charge is 0.0500 e. The van der Waals surface area contributed by atoms with Crippen molar-refractivity contribution in [1.29, 1.82) is 0 Å². The highest BCUT2D eigenvalue weighted by atomic mass is 15.2. The van der Waals surface area contributed by atoms with Crippen molar-refractivity contribution < 1.29 is 0 Å². The van der Waals surface area contributed by atoms with Crippen LogP contribution in [0.5, 0.6) is 0 Å². The average molecular weight is 489 g/mol. The first kappa shape index (κ1) is 21.5. The molecule has 0 saturated heterocycles. The number of para-hydroxylation sites is 2. The van der Waals surface area contributed by atoms with Gasteiger partial charge in [-0.25, -0.2) is 0 Å². The van der Waals surface area contributed by atoms with Gasteiger partial charge in [0, 0.05) is 34.6 Å². The summed E-state index contributed by atoms with van der Waals surface area (Å²) in [7, 11) is 0. The topological polar surface area (TPSA) is 6.48 Å². The van der Waals surface area contributed by atoms with E-state index < -0.39 is 0 Å². The van der Waals surface area contributed by atoms with E-state index in [0.717, 1.165) is 12.8 Å². The third-order valence-corrected chi connectivity index (χ3v) is 8.35. The molecule has 38 heavy (non-hydrogen) atoms. The Bertz CT molecular complexity index is 1540. The second kappa shape index (κ2) is 8.49. The van der Waals surface area contributed by atoms with Gasteiger partial charge < -0.3 is 9.80 Å². The van der Waals surface area contributed by atoms with Crippen LogP contribution in [0, 0.1) is 0 Å². The molecule has 2 aliphatic carbocycles. The molecule has 182 valence electrons. The quantitative estimate of drug-likeness (QED) is 0.265. The van der Waals surface area contributed by atoms with E-state index in [1.54, 1.807) is 0 Å². The molecule has 0 saturated carbocycles. The fourth-order valence-electron chi connectivity index (χ4n) is 6.61. The molecule has 0 aromatic heterocycles. The minimum atomic E-state index is 0.359. The van der Waals surface area contributed by atoms with E-state index in [1.807, 2.05) is 0 Å². The van der Waals surface area contributed by atoms with Gasteiger partial charge in [0.05, 0.1) is 11.4 Å². The molecular weight excluding hydrogens is 460 g/mol. The number of benzene rings is 4. The molecule has 0 N–H and O–H groups in total. The largest absolute Gasteiger partial charge is 0.313 e. The maximum atomic E-state index is 2.43. The summed E-state index contributed by atoms with van der Waals surface area (Å²) in [5, 5.41) is 0. The molecular formula is C36H28N2. The molecule has 0 amide bonds. The van der Waals surface area contributed by atoms with Gasteiger partial charge in [-0.3, -0.25) is 0 Å². The maximum Gasteiger partial charge on any atom is 0.0500 e. The number of allylic oxidation sites excluding steroid dienone is 6. The normalized spacial score (nSPS) is 20.4. The second-order valence-electron chi connectivity index (χ2n) is 10.4. The third-order valence-electron chi connectivity index (χ3n) is 8.35. The third kappa shape index (κ3) is 3.20. The van der Waals surface area contributed by atoms with E-state index in [-0.39, 0.29) is 0 Å². The number of fused-ring (bicyclic) bond motifs is 6. The highest BCUT2D eigenvalue weighted by Crippen LogP contribution is 2.51. The molecule has 2 heterocycles. The van der Waals surface area contributed by atoms with Gasteiger partial charge in [0.15, 0.2) is 0 Å². The summed E-state index contributed by atoms with van der Waals surface area (Å²) in [5.74, 6) is 0.717. The van der Waals surface area contributed by atoms with Crippen molar-refractivity contribution in [1.82, 2.24) is 0 Å². The fraction of sp³-hybridized carbons (Fsp3) is 0.111. The van der Waals surface area contributed by atoms with Gasteiger partial charge in [-0.2, -0.15) is 0 Å². The first-order valence-electron chi connectivity index (χ1n) is 13.6. The van der Waals surface area contributed by atoms with Gasteiger partial charge in [-0.1, -0.05) is 97.1 Å². The van der Waals surface area contributed by atoms with Crippen LogP contribution in [0.15, 0.2) is 145 Å². The predicted octanol–water partition coefficient (Wildman–Crippen LogP) is 9.51. The van der Waals surface area contributed by atoms with Gasteiger partial charge in [-0.15, -0.1) is 0 Å². The van der Waals surface area contributed by atoms with Crippen molar-refractivity contribution in [3.8, 4) is 11.1 Å². The van der Waals surface area contributed by atoms with E-state index >= 15 is 0 Å². The molecule has 2 nitrogen and oxygen atoms in total. The van der Waals surface area contributed by atoms with Crippen molar-refractivity contribution >= 4 is 22.7 Å². The first-order chi connectivity index (χ1) is 18.9. The van der Waals surface area contributed by atoms with Gasteiger partial charge >= 0.3 is 0 Å². The minimum Gasteiger partial charge on any atom is -0.313 e. The standard InChI is InChI=1S/C36H28N2/c1-5-13-33-29(9-1)30-10-2-6-14-34(30)37(33)27-21-17-25(18-22-27)26-19-23-28(24-20-26)38-35-15-7-3-11-31(35)32-12-4-8-16-36(32)38/h1-5,7,9-24,30,32H,6,8H2. The Kier molecular flexibility index (Phi) is 4.81. The fourth-order valence-corrected chi connectivity index (χ4v) is 6.61. The van der Waals surface area contributed by atoms with Crippen LogP contribution in [0.25, 0.3) is 11.1 Å². The lowest BCUT2D eigenvalue weighted by atomic mass is 9.94. The lowest BCUT2D eigenvalue weighted by molar-refractivity contribution is 0.971. The highest BCUT2D eigenvalue weighted by Gasteiger charge is 2.34. The molecule has 0 fully saturated rings. The van der Waals surface area contributed by atoms with Gasteiger partial charge in [-0.05, 0) is 71.5 Å². The van der Waals surface area contributed by atoms with Gasteiger partial charge in [0.2, 0.25) is 0 Å². The zero-order chi connectivity index (χ0) is 25.1. The summed E-state index contributed by atoms with van der Waals surface area (Å²) in [4.78, 5) is 4.87. The molecule has 4 aromatic carbocycles. The number of anilines is 4. The molecule has 0 bridgehead atoms. The Morgan fingerprint density at radius 2 is 0.895 bits per heavy atom. The van der Waals surface area contributed by atoms with Gasteiger partial charge in [0.25, 0.3) is 0 Å². The first-order valence-corrected chi connectivity index (χ1v) is 13.6. The van der Waals surface area contributed by atoms with Crippen LogP contribution >= 0.6 is 0 Å². The van der Waals surface area contributed by atoms with Crippen LogP contribution in [0.2, 0.25) is 0 Å². The van der Waals surface area contributed by atoms with E-state index in [2.05, 4.69) is 143 Å². The summed E-state index contributed by atoms with van der Waals surface area (Å²) in [5.41, 5.74) is 13.0.